The number of nitrogens with one attached hydrogen (secondary N) is 2. The first-order valence-electron chi connectivity index (χ1n) is 8.39. The Balaban J connectivity index is 1.47. The Morgan fingerprint density at radius 2 is 1.89 bits per heavy atom. The molecule has 1 aliphatic rings. The van der Waals surface area contributed by atoms with Crippen LogP contribution in [0, 0.1) is 5.82 Å². The lowest BCUT2D eigenvalue weighted by Crippen LogP contribution is -2.41. The van der Waals surface area contributed by atoms with E-state index in [4.69, 9.17) is 9.47 Å². The van der Waals surface area contributed by atoms with Crippen LogP contribution < -0.4 is 20.1 Å². The first-order chi connectivity index (χ1) is 13.4. The Morgan fingerprint density at radius 3 is 2.68 bits per heavy atom. The van der Waals surface area contributed by atoms with Crippen molar-refractivity contribution in [2.24, 2.45) is 0 Å². The lowest BCUT2D eigenvalue weighted by Gasteiger charge is -2.17. The maximum Gasteiger partial charge on any atom is 0.251 e. The number of carbonyl (C=O) groups is 3. The second kappa shape index (κ2) is 8.38. The fraction of sp³-hybridized carbons (Fsp3) is 0.211. The quantitative estimate of drug-likeness (QED) is 0.781. The van der Waals surface area contributed by atoms with Crippen molar-refractivity contribution < 1.29 is 28.2 Å². The van der Waals surface area contributed by atoms with E-state index in [-0.39, 0.29) is 19.9 Å². The van der Waals surface area contributed by atoms with Crippen LogP contribution in [0.4, 0.5) is 10.1 Å². The van der Waals surface area contributed by atoms with Gasteiger partial charge in [-0.3, -0.25) is 14.4 Å². The van der Waals surface area contributed by atoms with Crippen LogP contribution in [0.15, 0.2) is 42.5 Å². The molecular weight excluding hydrogens is 369 g/mol. The number of likely N-dealkylation sites (N-methyl/N-ethyl adjacent to an activating group) is 1. The minimum absolute atomic E-state index is 0.0986. The molecular formula is C19H18FN3O5. The maximum atomic E-state index is 13.1. The number of anilines is 1. The highest BCUT2D eigenvalue weighted by Crippen LogP contribution is 2.32. The van der Waals surface area contributed by atoms with Crippen LogP contribution in [0.1, 0.15) is 10.4 Å². The molecule has 0 saturated heterocycles. The molecule has 0 spiro atoms. The lowest BCUT2D eigenvalue weighted by molar-refractivity contribution is -0.132. The van der Waals surface area contributed by atoms with Gasteiger partial charge in [-0.2, -0.15) is 0 Å². The van der Waals surface area contributed by atoms with Crippen LogP contribution in [0.2, 0.25) is 0 Å². The number of amides is 3. The number of nitrogens with zero attached hydrogens (tertiary/aromatic N) is 1. The minimum atomic E-state index is -0.483. The zero-order valence-corrected chi connectivity index (χ0v) is 15.0. The van der Waals surface area contributed by atoms with Gasteiger partial charge in [0.1, 0.15) is 5.82 Å². The summed E-state index contributed by atoms with van der Waals surface area (Å²) in [6.07, 6.45) is 0. The van der Waals surface area contributed by atoms with E-state index in [1.54, 1.807) is 12.1 Å². The third kappa shape index (κ3) is 4.76. The van der Waals surface area contributed by atoms with Crippen molar-refractivity contribution in [3.63, 3.8) is 0 Å². The van der Waals surface area contributed by atoms with Crippen molar-refractivity contribution in [2.45, 2.75) is 0 Å². The Bertz CT molecular complexity index is 918. The molecule has 0 unspecified atom stereocenters. The van der Waals surface area contributed by atoms with Gasteiger partial charge in [0.15, 0.2) is 11.5 Å². The molecule has 0 radical (unpaired) electrons. The summed E-state index contributed by atoms with van der Waals surface area (Å²) < 4.78 is 23.5. The Labute approximate surface area is 160 Å². The topological polar surface area (TPSA) is 97.0 Å². The Morgan fingerprint density at radius 1 is 1.11 bits per heavy atom. The summed E-state index contributed by atoms with van der Waals surface area (Å²) in [5.74, 6) is -0.855. The van der Waals surface area contributed by atoms with Crippen LogP contribution in [-0.2, 0) is 9.59 Å². The molecule has 2 aromatic rings. The normalized spacial score (nSPS) is 11.6. The molecule has 3 amide bonds. The second-order valence-corrected chi connectivity index (χ2v) is 6.06. The van der Waals surface area contributed by atoms with Gasteiger partial charge in [-0.15, -0.1) is 0 Å². The largest absolute Gasteiger partial charge is 0.454 e. The molecule has 0 aromatic heterocycles. The van der Waals surface area contributed by atoms with Gasteiger partial charge < -0.3 is 25.0 Å². The average Bonchev–Trinajstić information content (AvgIpc) is 3.13. The van der Waals surface area contributed by atoms with E-state index in [2.05, 4.69) is 10.6 Å². The summed E-state index contributed by atoms with van der Waals surface area (Å²) in [6, 6.07) is 10.1. The molecule has 3 rings (SSSR count). The van der Waals surface area contributed by atoms with Crippen molar-refractivity contribution >= 4 is 23.4 Å². The molecule has 1 aliphatic heterocycles. The van der Waals surface area contributed by atoms with E-state index < -0.39 is 23.5 Å². The van der Waals surface area contributed by atoms with Gasteiger partial charge >= 0.3 is 0 Å². The standard InChI is InChI=1S/C19H18FN3O5/c1-23(10-17(24)22-14-4-2-3-13(20)8-14)18(25)9-21-19(26)12-5-6-15-16(7-12)28-11-27-15/h2-8H,9-11H2,1H3,(H,21,26)(H,22,24). The predicted octanol–water partition coefficient (Wildman–Crippen LogP) is 1.38. The van der Waals surface area contributed by atoms with E-state index in [1.165, 1.54) is 37.4 Å². The van der Waals surface area contributed by atoms with Crippen molar-refractivity contribution in [1.82, 2.24) is 10.2 Å². The minimum Gasteiger partial charge on any atom is -0.454 e. The molecule has 146 valence electrons. The van der Waals surface area contributed by atoms with Crippen LogP contribution in [0.5, 0.6) is 11.5 Å². The van der Waals surface area contributed by atoms with Gasteiger partial charge in [0.05, 0.1) is 13.1 Å². The fourth-order valence-electron chi connectivity index (χ4n) is 2.50. The number of carbonyl (C=O) groups excluding carboxylic acids is 3. The van der Waals surface area contributed by atoms with Gasteiger partial charge in [-0.25, -0.2) is 4.39 Å². The molecule has 2 aromatic carbocycles. The van der Waals surface area contributed by atoms with E-state index in [0.717, 1.165) is 4.90 Å². The van der Waals surface area contributed by atoms with E-state index >= 15 is 0 Å². The summed E-state index contributed by atoms with van der Waals surface area (Å²) in [4.78, 5) is 37.4. The Hall–Kier alpha value is -3.62. The van der Waals surface area contributed by atoms with Gasteiger partial charge in [0.25, 0.3) is 5.91 Å². The molecule has 8 nitrogen and oxygen atoms in total. The van der Waals surface area contributed by atoms with Crippen molar-refractivity contribution in [3.05, 3.63) is 53.8 Å². The zero-order chi connectivity index (χ0) is 20.1. The molecule has 0 saturated carbocycles. The summed E-state index contributed by atoms with van der Waals surface area (Å²) in [7, 11) is 1.43. The second-order valence-electron chi connectivity index (χ2n) is 6.06. The maximum absolute atomic E-state index is 13.1. The summed E-state index contributed by atoms with van der Waals surface area (Å²) in [5.41, 5.74) is 0.616. The molecule has 2 N–H and O–H groups in total. The lowest BCUT2D eigenvalue weighted by atomic mass is 10.2. The highest BCUT2D eigenvalue weighted by molar-refractivity contribution is 5.98. The van der Waals surface area contributed by atoms with Crippen LogP contribution >= 0.6 is 0 Å². The highest BCUT2D eigenvalue weighted by Gasteiger charge is 2.18. The van der Waals surface area contributed by atoms with Crippen LogP contribution in [0.3, 0.4) is 0 Å². The summed E-state index contributed by atoms with van der Waals surface area (Å²) in [5, 5.41) is 4.99. The van der Waals surface area contributed by atoms with Gasteiger partial charge in [-0.05, 0) is 36.4 Å². The molecule has 1 heterocycles. The first-order valence-corrected chi connectivity index (χ1v) is 8.39. The predicted molar refractivity (Wildman–Crippen MR) is 97.6 cm³/mol. The number of fused-ring (bicyclic) bond motifs is 1. The number of rotatable bonds is 6. The third-order valence-corrected chi connectivity index (χ3v) is 3.95. The fourth-order valence-corrected chi connectivity index (χ4v) is 2.50. The zero-order valence-electron chi connectivity index (χ0n) is 15.0. The SMILES string of the molecule is CN(CC(=O)Nc1cccc(F)c1)C(=O)CNC(=O)c1ccc2c(c1)OCO2. The van der Waals surface area contributed by atoms with E-state index in [1.807, 2.05) is 0 Å². The summed E-state index contributed by atoms with van der Waals surface area (Å²) in [6.45, 7) is -0.423. The van der Waals surface area contributed by atoms with Crippen LogP contribution in [-0.4, -0.2) is 49.6 Å². The smallest absolute Gasteiger partial charge is 0.251 e. The summed E-state index contributed by atoms with van der Waals surface area (Å²) >= 11 is 0. The number of benzene rings is 2. The van der Waals surface area contributed by atoms with Gasteiger partial charge in [0.2, 0.25) is 18.6 Å². The highest BCUT2D eigenvalue weighted by atomic mass is 19.1. The molecule has 0 fully saturated rings. The Kier molecular flexibility index (Phi) is 5.73. The van der Waals surface area contributed by atoms with E-state index in [9.17, 15) is 18.8 Å². The molecule has 0 aliphatic carbocycles. The van der Waals surface area contributed by atoms with Crippen molar-refractivity contribution in [2.75, 3.05) is 32.2 Å². The van der Waals surface area contributed by atoms with Gasteiger partial charge in [0, 0.05) is 18.3 Å². The van der Waals surface area contributed by atoms with Crippen molar-refractivity contribution in [1.29, 1.82) is 0 Å². The number of halogens is 1. The molecule has 9 heteroatoms. The van der Waals surface area contributed by atoms with Crippen molar-refractivity contribution in [3.8, 4) is 11.5 Å². The third-order valence-electron chi connectivity index (χ3n) is 3.95. The number of hydrogen-bond acceptors (Lipinski definition) is 5. The monoisotopic (exact) mass is 387 g/mol. The molecule has 0 atom stereocenters. The average molecular weight is 387 g/mol. The number of ether oxygens (including phenoxy) is 2. The number of hydrogen-bond donors (Lipinski definition) is 2. The molecule has 0 bridgehead atoms. The first kappa shape index (κ1) is 19.2. The van der Waals surface area contributed by atoms with Gasteiger partial charge in [-0.1, -0.05) is 6.07 Å². The van der Waals surface area contributed by atoms with E-state index in [0.29, 0.717) is 22.7 Å². The van der Waals surface area contributed by atoms with Crippen LogP contribution in [0.25, 0.3) is 0 Å². The molecule has 28 heavy (non-hydrogen) atoms.